The Kier molecular flexibility index (Phi) is 6.16. The third-order valence-corrected chi connectivity index (χ3v) is 7.29. The standard InChI is InChI=1S/C20H20N4O4S2/c25-18(14-29-20-23-22-19(28-20)15-7-2-1-3-8-15)21-16-9-6-10-17(13-16)30(26,27)24-11-4-5-12-24/h1-3,6-10,13H,4-5,11-12,14H2,(H,21,25). The Bertz CT molecular complexity index is 1130. The van der Waals surface area contributed by atoms with E-state index in [9.17, 15) is 13.2 Å². The van der Waals surface area contributed by atoms with Gasteiger partial charge in [0.2, 0.25) is 21.8 Å². The molecule has 1 aliphatic heterocycles. The molecular weight excluding hydrogens is 424 g/mol. The van der Waals surface area contributed by atoms with Crippen molar-refractivity contribution >= 4 is 33.4 Å². The molecule has 0 saturated carbocycles. The summed E-state index contributed by atoms with van der Waals surface area (Å²) in [6.45, 7) is 1.06. The zero-order valence-electron chi connectivity index (χ0n) is 16.0. The second-order valence-corrected chi connectivity index (χ2v) is 9.58. The fraction of sp³-hybridized carbons (Fsp3) is 0.250. The Balaban J connectivity index is 1.36. The third-order valence-electron chi connectivity index (χ3n) is 4.57. The molecule has 4 rings (SSSR count). The number of amides is 1. The van der Waals surface area contributed by atoms with Crippen LogP contribution in [0.2, 0.25) is 0 Å². The van der Waals surface area contributed by atoms with Crippen LogP contribution in [0.5, 0.6) is 0 Å². The smallest absolute Gasteiger partial charge is 0.277 e. The van der Waals surface area contributed by atoms with E-state index in [0.717, 1.165) is 30.2 Å². The molecular formula is C20H20N4O4S2. The number of hydrogen-bond donors (Lipinski definition) is 1. The number of rotatable bonds is 7. The first-order valence-electron chi connectivity index (χ1n) is 9.44. The molecule has 2 aromatic carbocycles. The summed E-state index contributed by atoms with van der Waals surface area (Å²) < 4.78 is 32.4. The molecule has 0 radical (unpaired) electrons. The highest BCUT2D eigenvalue weighted by atomic mass is 32.2. The minimum absolute atomic E-state index is 0.0551. The first-order chi connectivity index (χ1) is 14.5. The van der Waals surface area contributed by atoms with E-state index < -0.39 is 10.0 Å². The summed E-state index contributed by atoms with van der Waals surface area (Å²) in [5, 5.41) is 10.9. The molecule has 1 amide bonds. The van der Waals surface area contributed by atoms with E-state index in [1.165, 1.54) is 10.4 Å². The molecule has 1 aliphatic rings. The summed E-state index contributed by atoms with van der Waals surface area (Å²) in [5.41, 5.74) is 1.23. The van der Waals surface area contributed by atoms with Crippen molar-refractivity contribution < 1.29 is 17.6 Å². The molecule has 30 heavy (non-hydrogen) atoms. The second-order valence-electron chi connectivity index (χ2n) is 6.72. The number of nitrogens with zero attached hydrogens (tertiary/aromatic N) is 3. The van der Waals surface area contributed by atoms with E-state index in [1.807, 2.05) is 30.3 Å². The van der Waals surface area contributed by atoms with Crippen LogP contribution in [0, 0.1) is 0 Å². The lowest BCUT2D eigenvalue weighted by atomic mass is 10.2. The minimum Gasteiger partial charge on any atom is -0.411 e. The third kappa shape index (κ3) is 4.72. The van der Waals surface area contributed by atoms with Gasteiger partial charge in [-0.15, -0.1) is 10.2 Å². The molecule has 1 aromatic heterocycles. The van der Waals surface area contributed by atoms with Crippen LogP contribution in [0.1, 0.15) is 12.8 Å². The number of thioether (sulfide) groups is 1. The number of nitrogens with one attached hydrogen (secondary N) is 1. The van der Waals surface area contributed by atoms with Crippen molar-refractivity contribution in [1.82, 2.24) is 14.5 Å². The number of sulfonamides is 1. The summed E-state index contributed by atoms with van der Waals surface area (Å²) in [5.74, 6) is 0.146. The first kappa shape index (κ1) is 20.6. The number of benzene rings is 2. The normalized spacial score (nSPS) is 14.7. The van der Waals surface area contributed by atoms with Gasteiger partial charge in [-0.1, -0.05) is 36.0 Å². The quantitative estimate of drug-likeness (QED) is 0.558. The van der Waals surface area contributed by atoms with Crippen LogP contribution in [0.15, 0.2) is 69.1 Å². The molecule has 0 unspecified atom stereocenters. The SMILES string of the molecule is O=C(CSc1nnc(-c2ccccc2)o1)Nc1cccc(S(=O)(=O)N2CCCC2)c1. The summed E-state index contributed by atoms with van der Waals surface area (Å²) in [4.78, 5) is 12.5. The Labute approximate surface area is 178 Å². The van der Waals surface area contributed by atoms with E-state index in [2.05, 4.69) is 15.5 Å². The van der Waals surface area contributed by atoms with E-state index in [0.29, 0.717) is 24.7 Å². The lowest BCUT2D eigenvalue weighted by Crippen LogP contribution is -2.28. The lowest BCUT2D eigenvalue weighted by Gasteiger charge is -2.16. The summed E-state index contributed by atoms with van der Waals surface area (Å²) >= 11 is 1.11. The maximum atomic E-state index is 12.7. The van der Waals surface area contributed by atoms with Crippen LogP contribution >= 0.6 is 11.8 Å². The monoisotopic (exact) mass is 444 g/mol. The second kappa shape index (κ2) is 8.99. The lowest BCUT2D eigenvalue weighted by molar-refractivity contribution is -0.113. The zero-order valence-corrected chi connectivity index (χ0v) is 17.7. The van der Waals surface area contributed by atoms with Gasteiger partial charge in [-0.05, 0) is 43.2 Å². The number of hydrogen-bond acceptors (Lipinski definition) is 7. The van der Waals surface area contributed by atoms with Crippen molar-refractivity contribution in [2.45, 2.75) is 23.0 Å². The number of anilines is 1. The van der Waals surface area contributed by atoms with Gasteiger partial charge >= 0.3 is 0 Å². The van der Waals surface area contributed by atoms with E-state index in [-0.39, 0.29) is 21.8 Å². The van der Waals surface area contributed by atoms with Gasteiger partial charge in [-0.3, -0.25) is 4.79 Å². The Morgan fingerprint density at radius 3 is 2.60 bits per heavy atom. The molecule has 1 N–H and O–H groups in total. The van der Waals surface area contributed by atoms with Gasteiger partial charge in [0, 0.05) is 24.3 Å². The predicted octanol–water partition coefficient (Wildman–Crippen LogP) is 3.25. The molecule has 156 valence electrons. The van der Waals surface area contributed by atoms with E-state index in [4.69, 9.17) is 4.42 Å². The van der Waals surface area contributed by atoms with Crippen molar-refractivity contribution in [2.24, 2.45) is 0 Å². The van der Waals surface area contributed by atoms with Crippen LogP contribution in [0.4, 0.5) is 5.69 Å². The fourth-order valence-corrected chi connectivity index (χ4v) is 5.23. The van der Waals surface area contributed by atoms with Crippen LogP contribution in [0.25, 0.3) is 11.5 Å². The average molecular weight is 445 g/mol. The van der Waals surface area contributed by atoms with Crippen LogP contribution in [-0.4, -0.2) is 47.7 Å². The predicted molar refractivity (Wildman–Crippen MR) is 114 cm³/mol. The average Bonchev–Trinajstić information content (AvgIpc) is 3.46. The van der Waals surface area contributed by atoms with Crippen molar-refractivity contribution in [3.63, 3.8) is 0 Å². The molecule has 0 bridgehead atoms. The maximum Gasteiger partial charge on any atom is 0.277 e. The molecule has 10 heteroatoms. The van der Waals surface area contributed by atoms with Gasteiger partial charge in [0.1, 0.15) is 0 Å². The van der Waals surface area contributed by atoms with Crippen LogP contribution in [0.3, 0.4) is 0 Å². The maximum absolute atomic E-state index is 12.7. The summed E-state index contributed by atoms with van der Waals surface area (Å²) in [7, 11) is -3.53. The summed E-state index contributed by atoms with van der Waals surface area (Å²) in [6, 6.07) is 15.7. The number of aromatic nitrogens is 2. The van der Waals surface area contributed by atoms with Gasteiger partial charge in [-0.25, -0.2) is 8.42 Å². The van der Waals surface area contributed by atoms with Gasteiger partial charge in [0.05, 0.1) is 10.6 Å². The van der Waals surface area contributed by atoms with Gasteiger partial charge in [0.25, 0.3) is 5.22 Å². The molecule has 3 aromatic rings. The molecule has 8 nitrogen and oxygen atoms in total. The van der Waals surface area contributed by atoms with Gasteiger partial charge in [0.15, 0.2) is 0 Å². The topological polar surface area (TPSA) is 105 Å². The molecule has 0 aliphatic carbocycles. The van der Waals surface area contributed by atoms with Crippen LogP contribution in [-0.2, 0) is 14.8 Å². The van der Waals surface area contributed by atoms with Gasteiger partial charge < -0.3 is 9.73 Å². The van der Waals surface area contributed by atoms with Crippen molar-refractivity contribution in [2.75, 3.05) is 24.2 Å². The molecule has 1 fully saturated rings. The Hall–Kier alpha value is -2.69. The minimum atomic E-state index is -3.53. The molecule has 0 spiro atoms. The number of carbonyl (C=O) groups is 1. The number of carbonyl (C=O) groups excluding carboxylic acids is 1. The highest BCUT2D eigenvalue weighted by molar-refractivity contribution is 7.99. The van der Waals surface area contributed by atoms with Crippen molar-refractivity contribution in [3.05, 3.63) is 54.6 Å². The van der Waals surface area contributed by atoms with Crippen LogP contribution < -0.4 is 5.32 Å². The van der Waals surface area contributed by atoms with Gasteiger partial charge in [-0.2, -0.15) is 4.31 Å². The molecule has 1 saturated heterocycles. The van der Waals surface area contributed by atoms with E-state index >= 15 is 0 Å². The largest absolute Gasteiger partial charge is 0.411 e. The fourth-order valence-electron chi connectivity index (χ4n) is 3.10. The van der Waals surface area contributed by atoms with E-state index in [1.54, 1.807) is 18.2 Å². The highest BCUT2D eigenvalue weighted by Gasteiger charge is 2.27. The van der Waals surface area contributed by atoms with Crippen molar-refractivity contribution in [1.29, 1.82) is 0 Å². The Morgan fingerprint density at radius 1 is 1.07 bits per heavy atom. The summed E-state index contributed by atoms with van der Waals surface area (Å²) in [6.07, 6.45) is 1.74. The highest BCUT2D eigenvalue weighted by Crippen LogP contribution is 2.25. The molecule has 2 heterocycles. The first-order valence-corrected chi connectivity index (χ1v) is 11.9. The van der Waals surface area contributed by atoms with Crippen molar-refractivity contribution in [3.8, 4) is 11.5 Å². The molecule has 0 atom stereocenters. The Morgan fingerprint density at radius 2 is 1.83 bits per heavy atom. The zero-order chi connectivity index (χ0) is 21.0.